The zero-order chi connectivity index (χ0) is 20.7. The fourth-order valence-corrected chi connectivity index (χ4v) is 5.11. The maximum atomic E-state index is 12.9. The van der Waals surface area contributed by atoms with Crippen molar-refractivity contribution in [1.29, 1.82) is 0 Å². The molecule has 0 aliphatic carbocycles. The molecule has 0 bridgehead atoms. The van der Waals surface area contributed by atoms with E-state index in [1.165, 1.54) is 22.7 Å². The first-order valence-electron chi connectivity index (χ1n) is 9.77. The van der Waals surface area contributed by atoms with E-state index in [0.717, 1.165) is 16.9 Å². The number of carbonyl (C=O) groups is 1. The van der Waals surface area contributed by atoms with Gasteiger partial charge >= 0.3 is 0 Å². The number of aryl methyl sites for hydroxylation is 1. The topological polar surface area (TPSA) is 79.0 Å². The third-order valence-electron chi connectivity index (χ3n) is 5.55. The van der Waals surface area contributed by atoms with Crippen molar-refractivity contribution in [2.45, 2.75) is 51.7 Å². The van der Waals surface area contributed by atoms with E-state index < -0.39 is 10.2 Å². The molecule has 1 aromatic rings. The Balaban J connectivity index is 1.68. The standard InChI is InChI=1S/C20H31N3O4S/c1-14-6-7-18-16(12-14)17(13-20(2,3)27-18)21-19(24)15-8-10-23(11-9-15)28(25,26)22(4)5/h6-7,12,15,17H,8-11,13H2,1-5H3,(H,21,24). The van der Waals surface area contributed by atoms with Crippen molar-refractivity contribution in [3.05, 3.63) is 29.3 Å². The van der Waals surface area contributed by atoms with E-state index in [9.17, 15) is 13.2 Å². The Morgan fingerprint density at radius 1 is 1.25 bits per heavy atom. The van der Waals surface area contributed by atoms with Crippen molar-refractivity contribution in [3.8, 4) is 5.75 Å². The van der Waals surface area contributed by atoms with Crippen molar-refractivity contribution in [3.63, 3.8) is 0 Å². The average Bonchev–Trinajstić information content (AvgIpc) is 2.61. The van der Waals surface area contributed by atoms with Crippen LogP contribution in [0.3, 0.4) is 0 Å². The first kappa shape index (κ1) is 21.1. The lowest BCUT2D eigenvalue weighted by Crippen LogP contribution is -2.48. The summed E-state index contributed by atoms with van der Waals surface area (Å²) in [5.41, 5.74) is 1.78. The van der Waals surface area contributed by atoms with Crippen molar-refractivity contribution < 1.29 is 17.9 Å². The van der Waals surface area contributed by atoms with Crippen molar-refractivity contribution >= 4 is 16.1 Å². The van der Waals surface area contributed by atoms with E-state index in [2.05, 4.69) is 11.4 Å². The molecule has 2 aliphatic rings. The molecule has 0 radical (unpaired) electrons. The molecule has 1 amide bonds. The van der Waals surface area contributed by atoms with Gasteiger partial charge < -0.3 is 10.1 Å². The molecule has 1 fully saturated rings. The Morgan fingerprint density at radius 2 is 1.89 bits per heavy atom. The van der Waals surface area contributed by atoms with Gasteiger partial charge in [0.25, 0.3) is 10.2 Å². The number of nitrogens with one attached hydrogen (secondary N) is 1. The minimum atomic E-state index is -3.42. The molecule has 0 aromatic heterocycles. The summed E-state index contributed by atoms with van der Waals surface area (Å²) in [6.45, 7) is 6.82. The number of hydrogen-bond acceptors (Lipinski definition) is 4. The molecule has 1 unspecified atom stereocenters. The van der Waals surface area contributed by atoms with Crippen molar-refractivity contribution in [2.24, 2.45) is 5.92 Å². The summed E-state index contributed by atoms with van der Waals surface area (Å²) in [6.07, 6.45) is 1.77. The summed E-state index contributed by atoms with van der Waals surface area (Å²) in [4.78, 5) is 12.9. The number of hydrogen-bond donors (Lipinski definition) is 1. The number of piperidine rings is 1. The van der Waals surface area contributed by atoms with Gasteiger partial charge in [0.15, 0.2) is 0 Å². The van der Waals surface area contributed by atoms with Crippen LogP contribution in [-0.2, 0) is 15.0 Å². The number of ether oxygens (including phenoxy) is 1. The maximum absolute atomic E-state index is 12.9. The zero-order valence-corrected chi connectivity index (χ0v) is 18.2. The van der Waals surface area contributed by atoms with Gasteiger partial charge in [-0.15, -0.1) is 0 Å². The highest BCUT2D eigenvalue weighted by Gasteiger charge is 2.37. The lowest BCUT2D eigenvalue weighted by atomic mass is 9.88. The molecule has 1 saturated heterocycles. The predicted molar refractivity (Wildman–Crippen MR) is 108 cm³/mol. The highest BCUT2D eigenvalue weighted by atomic mass is 32.2. The van der Waals surface area contributed by atoms with E-state index in [0.29, 0.717) is 32.4 Å². The Kier molecular flexibility index (Phi) is 5.76. The van der Waals surface area contributed by atoms with Crippen LogP contribution < -0.4 is 10.1 Å². The molecule has 28 heavy (non-hydrogen) atoms. The van der Waals surface area contributed by atoms with Crippen LogP contribution in [-0.4, -0.2) is 55.7 Å². The second-order valence-electron chi connectivity index (χ2n) is 8.63. The normalized spacial score (nSPS) is 23.1. The highest BCUT2D eigenvalue weighted by Crippen LogP contribution is 2.40. The summed E-state index contributed by atoms with van der Waals surface area (Å²) >= 11 is 0. The molecule has 8 heteroatoms. The Hall–Kier alpha value is -1.64. The van der Waals surface area contributed by atoms with Gasteiger partial charge in [-0.1, -0.05) is 17.7 Å². The molecule has 3 rings (SSSR count). The van der Waals surface area contributed by atoms with Crippen molar-refractivity contribution in [2.75, 3.05) is 27.2 Å². The second-order valence-corrected chi connectivity index (χ2v) is 10.8. The lowest BCUT2D eigenvalue weighted by Gasteiger charge is -2.39. The van der Waals surface area contributed by atoms with Gasteiger partial charge in [0.1, 0.15) is 11.4 Å². The Bertz CT molecular complexity index is 843. The molecule has 7 nitrogen and oxygen atoms in total. The quantitative estimate of drug-likeness (QED) is 0.827. The predicted octanol–water partition coefficient (Wildman–Crippen LogP) is 2.23. The molecule has 2 aliphatic heterocycles. The van der Waals surface area contributed by atoms with Crippen LogP contribution in [0.15, 0.2) is 18.2 Å². The number of benzene rings is 1. The van der Waals surface area contributed by atoms with Gasteiger partial charge in [-0.25, -0.2) is 0 Å². The zero-order valence-electron chi connectivity index (χ0n) is 17.4. The molecular formula is C20H31N3O4S. The fourth-order valence-electron chi connectivity index (χ4n) is 3.97. The van der Waals surface area contributed by atoms with Crippen LogP contribution in [0.2, 0.25) is 0 Å². The number of carbonyl (C=O) groups excluding carboxylic acids is 1. The minimum absolute atomic E-state index is 0.00272. The summed E-state index contributed by atoms with van der Waals surface area (Å²) < 4.78 is 33.3. The van der Waals surface area contributed by atoms with Gasteiger partial charge in [-0.3, -0.25) is 4.79 Å². The summed E-state index contributed by atoms with van der Waals surface area (Å²) in [7, 11) is -0.362. The molecule has 1 atom stereocenters. The minimum Gasteiger partial charge on any atom is -0.487 e. The number of rotatable bonds is 4. The highest BCUT2D eigenvalue weighted by molar-refractivity contribution is 7.86. The van der Waals surface area contributed by atoms with E-state index in [1.807, 2.05) is 32.9 Å². The van der Waals surface area contributed by atoms with Crippen molar-refractivity contribution in [1.82, 2.24) is 13.9 Å². The maximum Gasteiger partial charge on any atom is 0.281 e. The number of fused-ring (bicyclic) bond motifs is 1. The monoisotopic (exact) mass is 409 g/mol. The Labute approximate surface area is 168 Å². The Morgan fingerprint density at radius 3 is 2.50 bits per heavy atom. The van der Waals surface area contributed by atoms with E-state index in [-0.39, 0.29) is 23.5 Å². The van der Waals surface area contributed by atoms with Crippen LogP contribution >= 0.6 is 0 Å². The molecule has 156 valence electrons. The van der Waals surface area contributed by atoms with Gasteiger partial charge in [0.2, 0.25) is 5.91 Å². The second kappa shape index (κ2) is 7.65. The van der Waals surface area contributed by atoms with Crippen LogP contribution in [0.5, 0.6) is 5.75 Å². The van der Waals surface area contributed by atoms with Gasteiger partial charge in [-0.05, 0) is 39.7 Å². The average molecular weight is 410 g/mol. The number of nitrogens with zero attached hydrogens (tertiary/aromatic N) is 2. The van der Waals surface area contributed by atoms with E-state index in [1.54, 1.807) is 0 Å². The van der Waals surface area contributed by atoms with Gasteiger partial charge in [-0.2, -0.15) is 17.0 Å². The van der Waals surface area contributed by atoms with Crippen LogP contribution in [0.25, 0.3) is 0 Å². The third kappa shape index (κ3) is 4.34. The lowest BCUT2D eigenvalue weighted by molar-refractivity contribution is -0.127. The summed E-state index contributed by atoms with van der Waals surface area (Å²) in [5, 5.41) is 3.21. The molecule has 0 spiro atoms. The first-order chi connectivity index (χ1) is 13.0. The summed E-state index contributed by atoms with van der Waals surface area (Å²) in [5.74, 6) is 0.643. The number of amides is 1. The molecule has 2 heterocycles. The van der Waals surface area contributed by atoms with Crippen LogP contribution in [0.1, 0.15) is 50.3 Å². The largest absolute Gasteiger partial charge is 0.487 e. The molecular weight excluding hydrogens is 378 g/mol. The summed E-state index contributed by atoms with van der Waals surface area (Å²) in [6, 6.07) is 5.95. The first-order valence-corrected chi connectivity index (χ1v) is 11.2. The SMILES string of the molecule is Cc1ccc2c(c1)C(NC(=O)C1CCN(S(=O)(=O)N(C)C)CC1)CC(C)(C)O2. The molecule has 1 aromatic carbocycles. The van der Waals surface area contributed by atoms with Gasteiger partial charge in [0, 0.05) is 45.1 Å². The smallest absolute Gasteiger partial charge is 0.281 e. The van der Waals surface area contributed by atoms with E-state index >= 15 is 0 Å². The third-order valence-corrected chi connectivity index (χ3v) is 7.49. The fraction of sp³-hybridized carbons (Fsp3) is 0.650. The van der Waals surface area contributed by atoms with E-state index in [4.69, 9.17) is 4.74 Å². The van der Waals surface area contributed by atoms with Crippen LogP contribution in [0.4, 0.5) is 0 Å². The van der Waals surface area contributed by atoms with Gasteiger partial charge in [0.05, 0.1) is 6.04 Å². The van der Waals surface area contributed by atoms with Crippen LogP contribution in [0, 0.1) is 12.8 Å². The molecule has 0 saturated carbocycles. The molecule has 1 N–H and O–H groups in total.